The van der Waals surface area contributed by atoms with Crippen LogP contribution in [0.25, 0.3) is 0 Å². The number of carbonyl (C=O) groups excluding carboxylic acids is 3. The summed E-state index contributed by atoms with van der Waals surface area (Å²) in [6.45, 7) is 2.30. The fourth-order valence-electron chi connectivity index (χ4n) is 1.23. The van der Waals surface area contributed by atoms with Gasteiger partial charge in [0.05, 0.1) is 0 Å². The van der Waals surface area contributed by atoms with Crippen LogP contribution in [0.2, 0.25) is 0 Å². The molecular formula is C12H12O5. The topological polar surface area (TPSA) is 69.7 Å². The fraction of sp³-hybridized carbons (Fsp3) is 0.250. The smallest absolute Gasteiger partial charge is 0.299 e. The van der Waals surface area contributed by atoms with Crippen LogP contribution in [0.1, 0.15) is 13.8 Å². The summed E-state index contributed by atoms with van der Waals surface area (Å²) >= 11 is 0. The Morgan fingerprint density at radius 3 is 2.00 bits per heavy atom. The van der Waals surface area contributed by atoms with Crippen molar-refractivity contribution in [1.82, 2.24) is 0 Å². The molecule has 0 aliphatic rings. The standard InChI is InChI=1S/C12H12O5/c1-8(13)11(9(2)14)12(15)17-16-10-6-4-3-5-7-10/h3-7,11H,1-2H3. The van der Waals surface area contributed by atoms with Gasteiger partial charge in [-0.05, 0) is 26.0 Å². The summed E-state index contributed by atoms with van der Waals surface area (Å²) < 4.78 is 0. The average Bonchev–Trinajstić information content (AvgIpc) is 2.27. The highest BCUT2D eigenvalue weighted by Crippen LogP contribution is 2.11. The molecule has 0 aromatic heterocycles. The molecule has 1 aromatic rings. The third-order valence-corrected chi connectivity index (χ3v) is 2.01. The first-order valence-electron chi connectivity index (χ1n) is 4.96. The number of rotatable bonds is 5. The van der Waals surface area contributed by atoms with Crippen molar-refractivity contribution < 1.29 is 24.2 Å². The maximum Gasteiger partial charge on any atom is 0.373 e. The molecule has 1 aromatic carbocycles. The van der Waals surface area contributed by atoms with Crippen molar-refractivity contribution in [2.45, 2.75) is 13.8 Å². The molecule has 0 spiro atoms. The van der Waals surface area contributed by atoms with E-state index in [0.29, 0.717) is 5.75 Å². The molecule has 0 bridgehead atoms. The van der Waals surface area contributed by atoms with Gasteiger partial charge in [-0.2, -0.15) is 0 Å². The van der Waals surface area contributed by atoms with Crippen LogP contribution >= 0.6 is 0 Å². The predicted molar refractivity (Wildman–Crippen MR) is 58.0 cm³/mol. The molecule has 0 atom stereocenters. The zero-order valence-corrected chi connectivity index (χ0v) is 9.51. The minimum Gasteiger partial charge on any atom is -0.299 e. The number of hydrogen-bond acceptors (Lipinski definition) is 5. The molecule has 0 radical (unpaired) electrons. The van der Waals surface area contributed by atoms with E-state index in [2.05, 4.69) is 4.89 Å². The second-order valence-electron chi connectivity index (χ2n) is 3.45. The van der Waals surface area contributed by atoms with Gasteiger partial charge in [0, 0.05) is 0 Å². The summed E-state index contributed by atoms with van der Waals surface area (Å²) in [4.78, 5) is 42.7. The van der Waals surface area contributed by atoms with Gasteiger partial charge < -0.3 is 0 Å². The van der Waals surface area contributed by atoms with Crippen LogP contribution in [0, 0.1) is 5.92 Å². The Kier molecular flexibility index (Phi) is 4.39. The van der Waals surface area contributed by atoms with Crippen molar-refractivity contribution in [3.05, 3.63) is 30.3 Å². The molecular weight excluding hydrogens is 224 g/mol. The summed E-state index contributed by atoms with van der Waals surface area (Å²) in [5.41, 5.74) is 0. The minimum absolute atomic E-state index is 0.312. The molecule has 0 saturated heterocycles. The van der Waals surface area contributed by atoms with Crippen LogP contribution in [-0.2, 0) is 19.3 Å². The van der Waals surface area contributed by atoms with E-state index in [-0.39, 0.29) is 0 Å². The van der Waals surface area contributed by atoms with Gasteiger partial charge in [-0.3, -0.25) is 14.5 Å². The van der Waals surface area contributed by atoms with Gasteiger partial charge in [-0.25, -0.2) is 9.68 Å². The summed E-state index contributed by atoms with van der Waals surface area (Å²) in [5.74, 6) is -3.25. The van der Waals surface area contributed by atoms with E-state index in [0.717, 1.165) is 13.8 Å². The molecule has 17 heavy (non-hydrogen) atoms. The molecule has 0 aliphatic heterocycles. The normalized spacial score (nSPS) is 9.82. The van der Waals surface area contributed by atoms with Crippen molar-refractivity contribution in [2.75, 3.05) is 0 Å². The maximum absolute atomic E-state index is 11.4. The number of hydrogen-bond donors (Lipinski definition) is 0. The Morgan fingerprint density at radius 2 is 1.53 bits per heavy atom. The Bertz CT molecular complexity index is 410. The van der Waals surface area contributed by atoms with Gasteiger partial charge in [0.1, 0.15) is 0 Å². The van der Waals surface area contributed by atoms with Crippen LogP contribution < -0.4 is 4.89 Å². The second kappa shape index (κ2) is 5.79. The Labute approximate surface area is 98.3 Å². The Hall–Kier alpha value is -2.17. The number of carbonyl (C=O) groups is 3. The highest BCUT2D eigenvalue weighted by Gasteiger charge is 2.31. The van der Waals surface area contributed by atoms with E-state index in [9.17, 15) is 14.4 Å². The van der Waals surface area contributed by atoms with Gasteiger partial charge in [0.2, 0.25) is 0 Å². The average molecular weight is 236 g/mol. The van der Waals surface area contributed by atoms with Crippen molar-refractivity contribution in [1.29, 1.82) is 0 Å². The van der Waals surface area contributed by atoms with Crippen LogP contribution in [0.5, 0.6) is 5.75 Å². The third kappa shape index (κ3) is 3.71. The zero-order chi connectivity index (χ0) is 12.8. The molecule has 5 nitrogen and oxygen atoms in total. The maximum atomic E-state index is 11.4. The van der Waals surface area contributed by atoms with E-state index in [1.54, 1.807) is 30.3 Å². The van der Waals surface area contributed by atoms with Crippen LogP contribution in [0.15, 0.2) is 30.3 Å². The first-order valence-corrected chi connectivity index (χ1v) is 4.96. The lowest BCUT2D eigenvalue weighted by Crippen LogP contribution is -2.31. The molecule has 0 aliphatic carbocycles. The molecule has 0 fully saturated rings. The van der Waals surface area contributed by atoms with E-state index in [1.807, 2.05) is 0 Å². The zero-order valence-electron chi connectivity index (χ0n) is 9.51. The number of para-hydroxylation sites is 1. The highest BCUT2D eigenvalue weighted by molar-refractivity contribution is 6.15. The SMILES string of the molecule is CC(=O)C(C(C)=O)C(=O)OOc1ccccc1. The highest BCUT2D eigenvalue weighted by atomic mass is 17.2. The largest absolute Gasteiger partial charge is 0.373 e. The first kappa shape index (κ1) is 12.9. The molecule has 0 saturated carbocycles. The molecule has 0 N–H and O–H groups in total. The van der Waals surface area contributed by atoms with E-state index in [4.69, 9.17) is 4.89 Å². The summed E-state index contributed by atoms with van der Waals surface area (Å²) in [7, 11) is 0. The molecule has 0 unspecified atom stereocenters. The van der Waals surface area contributed by atoms with Gasteiger partial charge >= 0.3 is 5.97 Å². The van der Waals surface area contributed by atoms with Crippen molar-refractivity contribution in [2.24, 2.45) is 5.92 Å². The summed E-state index contributed by atoms with van der Waals surface area (Å²) in [6.07, 6.45) is 0. The number of benzene rings is 1. The molecule has 5 heteroatoms. The van der Waals surface area contributed by atoms with Gasteiger partial charge in [0.15, 0.2) is 23.2 Å². The Balaban J connectivity index is 2.60. The lowest BCUT2D eigenvalue weighted by Gasteiger charge is -2.08. The second-order valence-corrected chi connectivity index (χ2v) is 3.45. The molecule has 90 valence electrons. The number of ketones is 2. The lowest BCUT2D eigenvalue weighted by atomic mass is 10.0. The minimum atomic E-state index is -1.42. The van der Waals surface area contributed by atoms with E-state index in [1.165, 1.54) is 0 Å². The lowest BCUT2D eigenvalue weighted by molar-refractivity contribution is -0.217. The third-order valence-electron chi connectivity index (χ3n) is 2.01. The van der Waals surface area contributed by atoms with E-state index < -0.39 is 23.5 Å². The van der Waals surface area contributed by atoms with Gasteiger partial charge in [0.25, 0.3) is 0 Å². The quantitative estimate of drug-likeness (QED) is 0.438. The molecule has 0 heterocycles. The first-order chi connectivity index (χ1) is 8.02. The Morgan fingerprint density at radius 1 is 1.00 bits per heavy atom. The fourth-order valence-corrected chi connectivity index (χ4v) is 1.23. The van der Waals surface area contributed by atoms with Gasteiger partial charge in [-0.1, -0.05) is 18.2 Å². The van der Waals surface area contributed by atoms with Crippen molar-refractivity contribution >= 4 is 17.5 Å². The number of Topliss-reactive ketones (excluding diaryl/α,β-unsaturated/α-hetero) is 2. The van der Waals surface area contributed by atoms with Crippen LogP contribution in [0.3, 0.4) is 0 Å². The van der Waals surface area contributed by atoms with Gasteiger partial charge in [-0.15, -0.1) is 0 Å². The summed E-state index contributed by atoms with van der Waals surface area (Å²) in [6, 6.07) is 8.30. The van der Waals surface area contributed by atoms with Crippen molar-refractivity contribution in [3.8, 4) is 5.75 Å². The van der Waals surface area contributed by atoms with E-state index >= 15 is 0 Å². The molecule has 1 rings (SSSR count). The monoisotopic (exact) mass is 236 g/mol. The van der Waals surface area contributed by atoms with Crippen LogP contribution in [-0.4, -0.2) is 17.5 Å². The van der Waals surface area contributed by atoms with Crippen molar-refractivity contribution in [3.63, 3.8) is 0 Å². The molecule has 0 amide bonds. The van der Waals surface area contributed by atoms with Crippen LogP contribution in [0.4, 0.5) is 0 Å². The summed E-state index contributed by atoms with van der Waals surface area (Å²) in [5, 5.41) is 0. The predicted octanol–water partition coefficient (Wildman–Crippen LogP) is 1.32.